The first-order valence-electron chi connectivity index (χ1n) is 23.2. The van der Waals surface area contributed by atoms with Gasteiger partial charge in [-0.15, -0.1) is 0 Å². The van der Waals surface area contributed by atoms with Gasteiger partial charge in [0, 0.05) is 55.8 Å². The first kappa shape index (κ1) is 39.4. The molecule has 68 heavy (non-hydrogen) atoms. The van der Waals surface area contributed by atoms with Gasteiger partial charge in [0.15, 0.2) is 17.5 Å². The van der Waals surface area contributed by atoms with Crippen molar-refractivity contribution in [3.8, 4) is 51.0 Å². The lowest BCUT2D eigenvalue weighted by Gasteiger charge is -2.28. The second kappa shape index (κ2) is 16.5. The van der Waals surface area contributed by atoms with Crippen LogP contribution in [0.2, 0.25) is 0 Å². The predicted molar refractivity (Wildman–Crippen MR) is 279 cm³/mol. The van der Waals surface area contributed by atoms with Crippen LogP contribution in [-0.4, -0.2) is 19.5 Å². The summed E-state index contributed by atoms with van der Waals surface area (Å²) in [5.74, 6) is 1.97. The summed E-state index contributed by atoms with van der Waals surface area (Å²) in [6, 6.07) is 79.0. The van der Waals surface area contributed by atoms with Crippen LogP contribution < -0.4 is 0 Å². The Kier molecular flexibility index (Phi) is 9.57. The molecule has 0 saturated heterocycles. The molecule has 0 amide bonds. The molecule has 0 radical (unpaired) electrons. The molecule has 0 saturated carbocycles. The van der Waals surface area contributed by atoms with Crippen molar-refractivity contribution in [3.63, 3.8) is 0 Å². The molecule has 2 unspecified atom stereocenters. The Morgan fingerprint density at radius 2 is 0.985 bits per heavy atom. The fourth-order valence-corrected chi connectivity index (χ4v) is 10.3. The summed E-state index contributed by atoms with van der Waals surface area (Å²) in [7, 11) is 0. The smallest absolute Gasteiger partial charge is 0.164 e. The van der Waals surface area contributed by atoms with Crippen molar-refractivity contribution in [1.29, 1.82) is 0 Å². The number of hydrogen-bond donors (Lipinski definition) is 0. The number of aromatic nitrogens is 4. The molecule has 9 aromatic carbocycles. The molecule has 0 fully saturated rings. The van der Waals surface area contributed by atoms with Gasteiger partial charge in [-0.05, 0) is 81.9 Å². The molecular weight excluding hydrogens is 829 g/mol. The number of allylic oxidation sites excluding steroid dienone is 4. The molecule has 3 heterocycles. The maximum Gasteiger partial charge on any atom is 0.164 e. The molecular formula is C63H42N4O. The molecule has 2 atom stereocenters. The van der Waals surface area contributed by atoms with E-state index in [1.54, 1.807) is 0 Å². The summed E-state index contributed by atoms with van der Waals surface area (Å²) in [4.78, 5) is 15.8. The first-order chi connectivity index (χ1) is 33.7. The molecule has 3 aromatic heterocycles. The zero-order valence-electron chi connectivity index (χ0n) is 36.9. The third-order valence-electron chi connectivity index (χ3n) is 13.5. The molecule has 320 valence electrons. The van der Waals surface area contributed by atoms with Crippen molar-refractivity contribution in [1.82, 2.24) is 19.5 Å². The van der Waals surface area contributed by atoms with E-state index in [2.05, 4.69) is 211 Å². The first-order valence-corrected chi connectivity index (χ1v) is 23.2. The van der Waals surface area contributed by atoms with Gasteiger partial charge >= 0.3 is 0 Å². The molecule has 0 aliphatic heterocycles. The van der Waals surface area contributed by atoms with Crippen molar-refractivity contribution in [3.05, 3.63) is 259 Å². The monoisotopic (exact) mass is 870 g/mol. The van der Waals surface area contributed by atoms with E-state index >= 15 is 0 Å². The van der Waals surface area contributed by atoms with Gasteiger partial charge in [-0.2, -0.15) is 0 Å². The minimum absolute atomic E-state index is 0.0185. The summed E-state index contributed by atoms with van der Waals surface area (Å²) >= 11 is 0. The van der Waals surface area contributed by atoms with E-state index in [-0.39, 0.29) is 11.8 Å². The zero-order valence-corrected chi connectivity index (χ0v) is 36.9. The van der Waals surface area contributed by atoms with E-state index in [9.17, 15) is 0 Å². The van der Waals surface area contributed by atoms with Crippen molar-refractivity contribution < 1.29 is 4.42 Å². The Bertz CT molecular complexity index is 3840. The van der Waals surface area contributed by atoms with Crippen LogP contribution >= 0.6 is 0 Å². The summed E-state index contributed by atoms with van der Waals surface area (Å²) in [5, 5.41) is 4.50. The van der Waals surface area contributed by atoms with Crippen LogP contribution in [-0.2, 0) is 0 Å². The third kappa shape index (κ3) is 6.83. The van der Waals surface area contributed by atoms with Gasteiger partial charge in [-0.1, -0.05) is 194 Å². The van der Waals surface area contributed by atoms with Crippen molar-refractivity contribution in [2.75, 3.05) is 0 Å². The highest BCUT2D eigenvalue weighted by Crippen LogP contribution is 2.46. The van der Waals surface area contributed by atoms with Gasteiger partial charge in [0.25, 0.3) is 0 Å². The standard InChI is InChI=1S/C63H42N4O/c1-6-18-41(19-7-1)45-30-33-49(42-20-8-2-9-21-42)52(38-45)47-31-34-50(53(39-47)63-65-61(43-22-10-3-11-23-43)64-62(66-63)44-24-12-4-13-25-44)46-32-36-57-54(40-46)60-58(68-57)37-35-56-59(60)51-28-16-17-29-55(51)67(56)48-26-14-5-15-27-48/h1-40,49,52H. The Balaban J connectivity index is 1.06. The average molecular weight is 871 g/mol. The number of hydrogen-bond acceptors (Lipinski definition) is 4. The SMILES string of the molecule is C1=CC(c2ccccc2)C(c2ccc(-c3ccc4oc5ccc6c(c7ccccc7n6-c6ccccc6)c5c4c3)c(-c3nc(-c4ccccc4)nc(-c4ccccc4)n3)c2)C=C1c1ccccc1. The van der Waals surface area contributed by atoms with Gasteiger partial charge in [0.1, 0.15) is 11.2 Å². The highest BCUT2D eigenvalue weighted by atomic mass is 16.3. The van der Waals surface area contributed by atoms with Crippen LogP contribution in [0.1, 0.15) is 28.5 Å². The zero-order chi connectivity index (χ0) is 45.0. The quantitative estimate of drug-likeness (QED) is 0.153. The lowest BCUT2D eigenvalue weighted by molar-refractivity contribution is 0.669. The van der Waals surface area contributed by atoms with E-state index in [0.29, 0.717) is 17.5 Å². The highest BCUT2D eigenvalue weighted by molar-refractivity contribution is 6.27. The van der Waals surface area contributed by atoms with Crippen LogP contribution in [0.25, 0.3) is 100 Å². The number of nitrogens with zero attached hydrogens (tertiary/aromatic N) is 4. The highest BCUT2D eigenvalue weighted by Gasteiger charge is 2.27. The Labute approximate surface area is 393 Å². The largest absolute Gasteiger partial charge is 0.456 e. The molecule has 0 N–H and O–H groups in total. The lowest BCUT2D eigenvalue weighted by Crippen LogP contribution is -2.12. The summed E-state index contributed by atoms with van der Waals surface area (Å²) in [5.41, 5.74) is 14.7. The molecule has 5 heteroatoms. The second-order valence-corrected chi connectivity index (χ2v) is 17.5. The molecule has 5 nitrogen and oxygen atoms in total. The predicted octanol–water partition coefficient (Wildman–Crippen LogP) is 16.1. The van der Waals surface area contributed by atoms with Gasteiger partial charge in [-0.3, -0.25) is 0 Å². The van der Waals surface area contributed by atoms with Gasteiger partial charge in [0.05, 0.1) is 11.0 Å². The van der Waals surface area contributed by atoms with Gasteiger partial charge < -0.3 is 8.98 Å². The third-order valence-corrected chi connectivity index (χ3v) is 13.5. The fourth-order valence-electron chi connectivity index (χ4n) is 10.3. The van der Waals surface area contributed by atoms with E-state index in [1.165, 1.54) is 33.0 Å². The van der Waals surface area contributed by atoms with Crippen LogP contribution in [0.4, 0.5) is 0 Å². The Hall–Kier alpha value is -8.93. The maximum atomic E-state index is 6.70. The van der Waals surface area contributed by atoms with E-state index in [1.807, 2.05) is 36.4 Å². The topological polar surface area (TPSA) is 56.7 Å². The molecule has 12 aromatic rings. The lowest BCUT2D eigenvalue weighted by atomic mass is 9.75. The van der Waals surface area contributed by atoms with Crippen LogP contribution in [0.3, 0.4) is 0 Å². The number of fused-ring (bicyclic) bond motifs is 7. The molecule has 1 aliphatic rings. The molecule has 0 bridgehead atoms. The Morgan fingerprint density at radius 1 is 0.382 bits per heavy atom. The summed E-state index contributed by atoms with van der Waals surface area (Å²) in [6.45, 7) is 0. The minimum Gasteiger partial charge on any atom is -0.456 e. The normalized spacial score (nSPS) is 14.8. The Morgan fingerprint density at radius 3 is 1.69 bits per heavy atom. The van der Waals surface area contributed by atoms with Crippen LogP contribution in [0, 0.1) is 0 Å². The van der Waals surface area contributed by atoms with Crippen molar-refractivity contribution >= 4 is 49.3 Å². The van der Waals surface area contributed by atoms with Gasteiger partial charge in [0.2, 0.25) is 0 Å². The van der Waals surface area contributed by atoms with Crippen molar-refractivity contribution in [2.24, 2.45) is 0 Å². The van der Waals surface area contributed by atoms with Crippen LogP contribution in [0.5, 0.6) is 0 Å². The number of rotatable bonds is 8. The second-order valence-electron chi connectivity index (χ2n) is 17.5. The number of benzene rings is 9. The van der Waals surface area contributed by atoms with Crippen LogP contribution in [0.15, 0.2) is 247 Å². The van der Waals surface area contributed by atoms with E-state index in [4.69, 9.17) is 19.4 Å². The molecule has 1 aliphatic carbocycles. The number of furan rings is 1. The fraction of sp³-hybridized carbons (Fsp3) is 0.0317. The van der Waals surface area contributed by atoms with E-state index in [0.717, 1.165) is 66.5 Å². The summed E-state index contributed by atoms with van der Waals surface area (Å²) in [6.07, 6.45) is 7.08. The minimum atomic E-state index is 0.0185. The van der Waals surface area contributed by atoms with Gasteiger partial charge in [-0.25, -0.2) is 15.0 Å². The molecule has 13 rings (SSSR count). The molecule has 0 spiro atoms. The maximum absolute atomic E-state index is 6.70. The average Bonchev–Trinajstić information content (AvgIpc) is 3.97. The van der Waals surface area contributed by atoms with E-state index < -0.39 is 0 Å². The number of para-hydroxylation sites is 2. The summed E-state index contributed by atoms with van der Waals surface area (Å²) < 4.78 is 9.06. The van der Waals surface area contributed by atoms with Crippen molar-refractivity contribution in [2.45, 2.75) is 11.8 Å².